The number of ether oxygens (including phenoxy) is 1. The van der Waals surface area contributed by atoms with Gasteiger partial charge in [-0.2, -0.15) is 0 Å². The van der Waals surface area contributed by atoms with Crippen LogP contribution < -0.4 is 5.32 Å². The molecule has 0 amide bonds. The summed E-state index contributed by atoms with van der Waals surface area (Å²) in [4.78, 5) is 23.2. The first-order valence-corrected chi connectivity index (χ1v) is 6.29. The maximum absolute atomic E-state index is 11.4. The average Bonchev–Trinajstić information content (AvgIpc) is 2.98. The summed E-state index contributed by atoms with van der Waals surface area (Å²) < 4.78 is 4.68. The van der Waals surface area contributed by atoms with Crippen molar-refractivity contribution in [3.05, 3.63) is 28.8 Å². The minimum atomic E-state index is -0.341. The number of anilines is 1. The lowest BCUT2D eigenvalue weighted by Gasteiger charge is -1.99. The molecule has 6 nitrogen and oxygen atoms in total. The van der Waals surface area contributed by atoms with E-state index in [1.165, 1.54) is 18.4 Å². The van der Waals surface area contributed by atoms with Crippen molar-refractivity contribution < 1.29 is 9.53 Å². The first-order valence-electron chi connectivity index (χ1n) is 5.47. The lowest BCUT2D eigenvalue weighted by atomic mass is 10.3. The quantitative estimate of drug-likeness (QED) is 0.804. The highest BCUT2D eigenvalue weighted by molar-refractivity contribution is 7.17. The van der Waals surface area contributed by atoms with Crippen LogP contribution in [0.4, 0.5) is 5.13 Å². The normalized spacial score (nSPS) is 10.3. The lowest BCUT2D eigenvalue weighted by molar-refractivity contribution is 0.0605. The molecule has 2 rings (SSSR count). The second-order valence-electron chi connectivity index (χ2n) is 3.68. The van der Waals surface area contributed by atoms with Crippen molar-refractivity contribution >= 4 is 22.4 Å². The van der Waals surface area contributed by atoms with Crippen molar-refractivity contribution in [2.24, 2.45) is 0 Å². The first kappa shape index (κ1) is 12.6. The molecule has 0 spiro atoms. The molecule has 0 fully saturated rings. The zero-order valence-electron chi connectivity index (χ0n) is 10.2. The van der Waals surface area contributed by atoms with Gasteiger partial charge in [0.15, 0.2) is 5.13 Å². The second-order valence-corrected chi connectivity index (χ2v) is 4.68. The Kier molecular flexibility index (Phi) is 3.93. The minimum Gasteiger partial charge on any atom is -0.465 e. The molecule has 0 saturated carbocycles. The fourth-order valence-electron chi connectivity index (χ4n) is 1.48. The molecule has 0 atom stereocenters. The van der Waals surface area contributed by atoms with Gasteiger partial charge in [-0.05, 0) is 6.92 Å². The fourth-order valence-corrected chi connectivity index (χ4v) is 2.39. The van der Waals surface area contributed by atoms with Gasteiger partial charge in [0.2, 0.25) is 0 Å². The Labute approximate surface area is 108 Å². The standard InChI is InChI=1S/C11H14N4O2S/c1-7-9(10(16)17-2)18-11(15-7)13-4-3-8-5-12-6-14-8/h5-6H,3-4H2,1-2H3,(H,12,14)(H,13,15). The third kappa shape index (κ3) is 2.86. The first-order chi connectivity index (χ1) is 8.70. The minimum absolute atomic E-state index is 0.341. The number of rotatable bonds is 5. The number of thiazole rings is 1. The van der Waals surface area contributed by atoms with E-state index in [4.69, 9.17) is 0 Å². The molecule has 0 aromatic carbocycles. The Hall–Kier alpha value is -1.89. The number of methoxy groups -OCH3 is 1. The molecule has 0 bridgehead atoms. The van der Waals surface area contributed by atoms with Gasteiger partial charge in [-0.3, -0.25) is 0 Å². The van der Waals surface area contributed by atoms with Crippen LogP contribution in [0.3, 0.4) is 0 Å². The number of aromatic nitrogens is 3. The van der Waals surface area contributed by atoms with E-state index in [2.05, 4.69) is 25.0 Å². The molecular formula is C11H14N4O2S. The van der Waals surface area contributed by atoms with E-state index in [-0.39, 0.29) is 5.97 Å². The summed E-state index contributed by atoms with van der Waals surface area (Å²) in [5.41, 5.74) is 1.75. The van der Waals surface area contributed by atoms with E-state index in [0.717, 1.165) is 23.8 Å². The number of imidazole rings is 1. The van der Waals surface area contributed by atoms with Crippen LogP contribution in [0.5, 0.6) is 0 Å². The molecule has 2 aromatic rings. The van der Waals surface area contributed by atoms with E-state index in [0.29, 0.717) is 10.6 Å². The fraction of sp³-hybridized carbons (Fsp3) is 0.364. The Balaban J connectivity index is 1.92. The van der Waals surface area contributed by atoms with Crippen LogP contribution in [0.25, 0.3) is 0 Å². The molecule has 18 heavy (non-hydrogen) atoms. The third-order valence-electron chi connectivity index (χ3n) is 2.39. The number of carbonyl (C=O) groups excluding carboxylic acids is 1. The summed E-state index contributed by atoms with van der Waals surface area (Å²) in [6.07, 6.45) is 4.26. The van der Waals surface area contributed by atoms with Crippen LogP contribution in [-0.2, 0) is 11.2 Å². The number of carbonyl (C=O) groups is 1. The predicted octanol–water partition coefficient (Wildman–Crippen LogP) is 1.62. The average molecular weight is 266 g/mol. The topological polar surface area (TPSA) is 79.9 Å². The zero-order chi connectivity index (χ0) is 13.0. The summed E-state index contributed by atoms with van der Waals surface area (Å²) in [6, 6.07) is 0. The van der Waals surface area contributed by atoms with Gasteiger partial charge in [0.25, 0.3) is 0 Å². The van der Waals surface area contributed by atoms with Crippen molar-refractivity contribution in [1.29, 1.82) is 0 Å². The van der Waals surface area contributed by atoms with Gasteiger partial charge in [-0.15, -0.1) is 0 Å². The summed E-state index contributed by atoms with van der Waals surface area (Å²) in [5, 5.41) is 3.90. The monoisotopic (exact) mass is 266 g/mol. The SMILES string of the molecule is COC(=O)c1sc(NCCc2cnc[nH]2)nc1C. The molecule has 2 aromatic heterocycles. The van der Waals surface area contributed by atoms with Crippen molar-refractivity contribution in [2.75, 3.05) is 19.0 Å². The van der Waals surface area contributed by atoms with Crippen LogP contribution in [0.15, 0.2) is 12.5 Å². The highest BCUT2D eigenvalue weighted by atomic mass is 32.1. The third-order valence-corrected chi connectivity index (χ3v) is 3.49. The van der Waals surface area contributed by atoms with Crippen LogP contribution >= 0.6 is 11.3 Å². The molecule has 2 heterocycles. The smallest absolute Gasteiger partial charge is 0.350 e. The van der Waals surface area contributed by atoms with Crippen molar-refractivity contribution in [3.8, 4) is 0 Å². The summed E-state index contributed by atoms with van der Waals surface area (Å²) >= 11 is 1.31. The van der Waals surface area contributed by atoms with Gasteiger partial charge in [0.05, 0.1) is 19.1 Å². The Morgan fingerprint density at radius 3 is 3.11 bits per heavy atom. The van der Waals surface area contributed by atoms with Gasteiger partial charge in [-0.25, -0.2) is 14.8 Å². The Bertz CT molecular complexity index is 521. The van der Waals surface area contributed by atoms with E-state index in [1.807, 2.05) is 0 Å². The van der Waals surface area contributed by atoms with Crippen molar-refractivity contribution in [2.45, 2.75) is 13.3 Å². The molecule has 0 aliphatic carbocycles. The Morgan fingerprint density at radius 2 is 2.44 bits per heavy atom. The number of hydrogen-bond acceptors (Lipinski definition) is 6. The highest BCUT2D eigenvalue weighted by Gasteiger charge is 2.15. The van der Waals surface area contributed by atoms with Gasteiger partial charge < -0.3 is 15.0 Å². The summed E-state index contributed by atoms with van der Waals surface area (Å²) in [5.74, 6) is -0.341. The number of aryl methyl sites for hydroxylation is 1. The van der Waals surface area contributed by atoms with Gasteiger partial charge in [-0.1, -0.05) is 11.3 Å². The molecule has 0 aliphatic heterocycles. The van der Waals surface area contributed by atoms with E-state index < -0.39 is 0 Å². The van der Waals surface area contributed by atoms with E-state index in [9.17, 15) is 4.79 Å². The van der Waals surface area contributed by atoms with Gasteiger partial charge in [0, 0.05) is 24.9 Å². The van der Waals surface area contributed by atoms with Crippen LogP contribution in [0.2, 0.25) is 0 Å². The Morgan fingerprint density at radius 1 is 1.61 bits per heavy atom. The molecule has 0 unspecified atom stereocenters. The molecule has 0 saturated heterocycles. The number of nitrogens with zero attached hydrogens (tertiary/aromatic N) is 2. The molecule has 7 heteroatoms. The van der Waals surface area contributed by atoms with Crippen LogP contribution in [-0.4, -0.2) is 34.6 Å². The second kappa shape index (κ2) is 5.63. The van der Waals surface area contributed by atoms with Crippen LogP contribution in [0, 0.1) is 6.92 Å². The maximum Gasteiger partial charge on any atom is 0.350 e. The number of hydrogen-bond donors (Lipinski definition) is 2. The number of esters is 1. The number of aromatic amines is 1. The molecule has 0 radical (unpaired) electrons. The van der Waals surface area contributed by atoms with Crippen LogP contribution in [0.1, 0.15) is 21.1 Å². The largest absolute Gasteiger partial charge is 0.465 e. The summed E-state index contributed by atoms with van der Waals surface area (Å²) in [6.45, 7) is 2.53. The highest BCUT2D eigenvalue weighted by Crippen LogP contribution is 2.22. The van der Waals surface area contributed by atoms with Gasteiger partial charge in [0.1, 0.15) is 4.88 Å². The zero-order valence-corrected chi connectivity index (χ0v) is 11.0. The number of nitrogens with one attached hydrogen (secondary N) is 2. The molecule has 96 valence electrons. The predicted molar refractivity (Wildman–Crippen MR) is 69.0 cm³/mol. The number of H-pyrrole nitrogens is 1. The summed E-state index contributed by atoms with van der Waals surface area (Å²) in [7, 11) is 1.37. The van der Waals surface area contributed by atoms with Gasteiger partial charge >= 0.3 is 5.97 Å². The van der Waals surface area contributed by atoms with E-state index in [1.54, 1.807) is 19.4 Å². The molecular weight excluding hydrogens is 252 g/mol. The maximum atomic E-state index is 11.4. The lowest BCUT2D eigenvalue weighted by Crippen LogP contribution is -2.04. The van der Waals surface area contributed by atoms with E-state index >= 15 is 0 Å². The van der Waals surface area contributed by atoms with Crippen molar-refractivity contribution in [3.63, 3.8) is 0 Å². The molecule has 0 aliphatic rings. The molecule has 2 N–H and O–H groups in total. The van der Waals surface area contributed by atoms with Crippen molar-refractivity contribution in [1.82, 2.24) is 15.0 Å².